The summed E-state index contributed by atoms with van der Waals surface area (Å²) in [5.74, 6) is -0.0184. The molecule has 0 aromatic heterocycles. The molecular weight excluding hydrogens is 279 g/mol. The van der Waals surface area contributed by atoms with Crippen LogP contribution in [-0.2, 0) is 4.79 Å². The van der Waals surface area contributed by atoms with Crippen LogP contribution in [0.2, 0.25) is 0 Å². The van der Waals surface area contributed by atoms with E-state index in [0.29, 0.717) is 16.9 Å². The first kappa shape index (κ1) is 15.1. The van der Waals surface area contributed by atoms with Gasteiger partial charge in [0.15, 0.2) is 6.10 Å². The van der Waals surface area contributed by atoms with E-state index in [1.807, 2.05) is 18.2 Å². The highest BCUT2D eigenvalue weighted by atomic mass is 32.2. The second-order valence-electron chi connectivity index (χ2n) is 4.91. The second kappa shape index (κ2) is 6.01. The van der Waals surface area contributed by atoms with Crippen molar-refractivity contribution in [2.24, 2.45) is 0 Å². The molecule has 0 radical (unpaired) electrons. The minimum absolute atomic E-state index is 0.222. The Balaban J connectivity index is 2.34. The van der Waals surface area contributed by atoms with Crippen molar-refractivity contribution >= 4 is 29.0 Å². The van der Waals surface area contributed by atoms with Crippen LogP contribution in [0.15, 0.2) is 12.1 Å². The molecule has 0 saturated heterocycles. The molecule has 110 valence electrons. The molecule has 1 aromatic carbocycles. The zero-order chi connectivity index (χ0) is 14.9. The number of amides is 1. The Morgan fingerprint density at radius 3 is 2.85 bits per heavy atom. The third kappa shape index (κ3) is 2.62. The number of carbonyl (C=O) groups is 1. The summed E-state index contributed by atoms with van der Waals surface area (Å²) in [5.41, 5.74) is 1.24. The third-order valence-electron chi connectivity index (χ3n) is 3.68. The predicted octanol–water partition coefficient (Wildman–Crippen LogP) is 2.39. The van der Waals surface area contributed by atoms with Gasteiger partial charge in [0.05, 0.1) is 5.69 Å². The van der Waals surface area contributed by atoms with E-state index in [9.17, 15) is 14.3 Å². The summed E-state index contributed by atoms with van der Waals surface area (Å²) in [6.07, 6.45) is 1.65. The highest BCUT2D eigenvalue weighted by Crippen LogP contribution is 2.36. The van der Waals surface area contributed by atoms with Gasteiger partial charge in [0.2, 0.25) is 0 Å². The lowest BCUT2D eigenvalue weighted by Gasteiger charge is -2.29. The van der Waals surface area contributed by atoms with Gasteiger partial charge < -0.3 is 15.3 Å². The van der Waals surface area contributed by atoms with Gasteiger partial charge >= 0.3 is 0 Å². The summed E-state index contributed by atoms with van der Waals surface area (Å²) in [6, 6.07) is 3.07. The molecule has 1 amide bonds. The molecule has 2 unspecified atom stereocenters. The third-order valence-corrected chi connectivity index (χ3v) is 4.40. The van der Waals surface area contributed by atoms with Crippen molar-refractivity contribution < 1.29 is 14.3 Å². The van der Waals surface area contributed by atoms with Crippen LogP contribution in [0, 0.1) is 5.82 Å². The van der Waals surface area contributed by atoms with Gasteiger partial charge in [0.25, 0.3) is 5.91 Å². The van der Waals surface area contributed by atoms with Gasteiger partial charge in [-0.25, -0.2) is 4.39 Å². The number of nitrogens with one attached hydrogen (secondary N) is 1. The molecule has 0 saturated carbocycles. The minimum atomic E-state index is -1.27. The zero-order valence-corrected chi connectivity index (χ0v) is 12.6. The molecule has 2 N–H and O–H groups in total. The Kier molecular flexibility index (Phi) is 4.55. The van der Waals surface area contributed by atoms with Crippen molar-refractivity contribution in [3.63, 3.8) is 0 Å². The van der Waals surface area contributed by atoms with Crippen LogP contribution in [-0.4, -0.2) is 36.1 Å². The van der Waals surface area contributed by atoms with Gasteiger partial charge in [-0.15, -0.1) is 0 Å². The topological polar surface area (TPSA) is 52.6 Å². The number of carbonyl (C=O) groups excluding carboxylic acids is 1. The van der Waals surface area contributed by atoms with Gasteiger partial charge in [-0.05, 0) is 24.8 Å². The van der Waals surface area contributed by atoms with E-state index in [2.05, 4.69) is 12.2 Å². The van der Waals surface area contributed by atoms with Crippen LogP contribution >= 0.6 is 11.8 Å². The average Bonchev–Trinajstić information content (AvgIpc) is 2.70. The fraction of sp³-hybridized carbons (Fsp3) is 0.500. The molecule has 0 aliphatic carbocycles. The summed E-state index contributed by atoms with van der Waals surface area (Å²) in [4.78, 5) is 13.3. The van der Waals surface area contributed by atoms with Crippen LogP contribution in [0.3, 0.4) is 0 Å². The molecular formula is C14H19FN2O2S. The van der Waals surface area contributed by atoms with E-state index in [4.69, 9.17) is 0 Å². The van der Waals surface area contributed by atoms with Crippen LogP contribution in [0.4, 0.5) is 15.8 Å². The standard InChI is InChI=1S/C14H19FN2O2S/c1-4-8(7-20-3)17(2)12-6-11-9(5-10(12)15)13(18)14(19)16-11/h5-6,8,13,18H,4,7H2,1-3H3,(H,16,19). The summed E-state index contributed by atoms with van der Waals surface area (Å²) >= 11 is 1.72. The van der Waals surface area contributed by atoms with Crippen molar-refractivity contribution in [2.45, 2.75) is 25.5 Å². The molecule has 1 aliphatic heterocycles. The lowest BCUT2D eigenvalue weighted by molar-refractivity contribution is -0.123. The molecule has 1 aliphatic rings. The van der Waals surface area contributed by atoms with Crippen LogP contribution < -0.4 is 10.2 Å². The lowest BCUT2D eigenvalue weighted by Crippen LogP contribution is -2.33. The highest BCUT2D eigenvalue weighted by molar-refractivity contribution is 7.98. The van der Waals surface area contributed by atoms with Gasteiger partial charge in [0, 0.05) is 30.1 Å². The molecule has 0 bridgehead atoms. The Labute approximate surface area is 122 Å². The largest absolute Gasteiger partial charge is 0.378 e. The van der Waals surface area contributed by atoms with Crippen molar-refractivity contribution in [3.8, 4) is 0 Å². The first-order valence-corrected chi connectivity index (χ1v) is 7.93. The van der Waals surface area contributed by atoms with E-state index in [-0.39, 0.29) is 6.04 Å². The molecule has 2 atom stereocenters. The SMILES string of the molecule is CCC(CSC)N(C)c1cc2c(cc1F)C(O)C(=O)N2. The highest BCUT2D eigenvalue weighted by Gasteiger charge is 2.31. The number of hydrogen-bond acceptors (Lipinski definition) is 4. The van der Waals surface area contributed by atoms with Gasteiger partial charge in [-0.3, -0.25) is 4.79 Å². The van der Waals surface area contributed by atoms with Crippen molar-refractivity contribution in [2.75, 3.05) is 29.3 Å². The molecule has 0 spiro atoms. The number of aliphatic hydroxyl groups excluding tert-OH is 1. The first-order chi connectivity index (χ1) is 9.49. The van der Waals surface area contributed by atoms with Gasteiger partial charge in [0.1, 0.15) is 5.82 Å². The maximum Gasteiger partial charge on any atom is 0.257 e. The van der Waals surface area contributed by atoms with E-state index < -0.39 is 17.8 Å². The quantitative estimate of drug-likeness (QED) is 0.876. The molecule has 6 heteroatoms. The number of anilines is 2. The number of nitrogens with zero attached hydrogens (tertiary/aromatic N) is 1. The number of thioether (sulfide) groups is 1. The Morgan fingerprint density at radius 2 is 2.25 bits per heavy atom. The monoisotopic (exact) mass is 298 g/mol. The fourth-order valence-corrected chi connectivity index (χ4v) is 3.26. The molecule has 1 aromatic rings. The Morgan fingerprint density at radius 1 is 1.55 bits per heavy atom. The summed E-state index contributed by atoms with van der Waals surface area (Å²) in [6.45, 7) is 2.06. The number of rotatable bonds is 5. The maximum atomic E-state index is 14.2. The lowest BCUT2D eigenvalue weighted by atomic mass is 10.1. The number of hydrogen-bond donors (Lipinski definition) is 2. The summed E-state index contributed by atoms with van der Waals surface area (Å²) in [5, 5.41) is 12.2. The molecule has 0 fully saturated rings. The second-order valence-corrected chi connectivity index (χ2v) is 5.82. The van der Waals surface area contributed by atoms with E-state index >= 15 is 0 Å². The Bertz CT molecular complexity index is 524. The van der Waals surface area contributed by atoms with Crippen LogP contribution in [0.5, 0.6) is 0 Å². The average molecular weight is 298 g/mol. The number of benzene rings is 1. The van der Waals surface area contributed by atoms with Crippen molar-refractivity contribution in [1.29, 1.82) is 0 Å². The van der Waals surface area contributed by atoms with E-state index in [1.54, 1.807) is 17.8 Å². The number of aliphatic hydroxyl groups is 1. The van der Waals surface area contributed by atoms with Crippen molar-refractivity contribution in [3.05, 3.63) is 23.5 Å². The molecule has 1 heterocycles. The van der Waals surface area contributed by atoms with Crippen LogP contribution in [0.25, 0.3) is 0 Å². The maximum absolute atomic E-state index is 14.2. The fourth-order valence-electron chi connectivity index (χ4n) is 2.42. The predicted molar refractivity (Wildman–Crippen MR) is 80.9 cm³/mol. The van der Waals surface area contributed by atoms with Gasteiger partial charge in [-0.1, -0.05) is 6.92 Å². The van der Waals surface area contributed by atoms with E-state index in [1.165, 1.54) is 6.07 Å². The smallest absolute Gasteiger partial charge is 0.257 e. The molecule has 2 rings (SSSR count). The zero-order valence-electron chi connectivity index (χ0n) is 11.8. The van der Waals surface area contributed by atoms with Gasteiger partial charge in [-0.2, -0.15) is 11.8 Å². The molecule has 4 nitrogen and oxygen atoms in total. The van der Waals surface area contributed by atoms with Crippen LogP contribution in [0.1, 0.15) is 25.0 Å². The summed E-state index contributed by atoms with van der Waals surface area (Å²) < 4.78 is 14.2. The van der Waals surface area contributed by atoms with E-state index in [0.717, 1.165) is 12.2 Å². The normalized spacial score (nSPS) is 18.6. The number of halogens is 1. The Hall–Kier alpha value is -1.27. The summed E-state index contributed by atoms with van der Waals surface area (Å²) in [7, 11) is 1.85. The first-order valence-electron chi connectivity index (χ1n) is 6.53. The van der Waals surface area contributed by atoms with Crippen molar-refractivity contribution in [1.82, 2.24) is 0 Å². The minimum Gasteiger partial charge on any atom is -0.378 e. The molecule has 20 heavy (non-hydrogen) atoms. The number of fused-ring (bicyclic) bond motifs is 1.